The summed E-state index contributed by atoms with van der Waals surface area (Å²) in [5.74, 6) is 1.80. The van der Waals surface area contributed by atoms with Crippen molar-refractivity contribution < 1.29 is 0 Å². The molecule has 4 heteroatoms. The molecule has 21 heavy (non-hydrogen) atoms. The van der Waals surface area contributed by atoms with E-state index in [9.17, 15) is 0 Å². The topological polar surface area (TPSA) is 37.8 Å². The van der Waals surface area contributed by atoms with Crippen LogP contribution >= 0.6 is 11.3 Å². The lowest BCUT2D eigenvalue weighted by atomic mass is 10.1. The van der Waals surface area contributed by atoms with Crippen LogP contribution in [0.25, 0.3) is 10.2 Å². The van der Waals surface area contributed by atoms with Crippen molar-refractivity contribution in [3.05, 3.63) is 52.2 Å². The Labute approximate surface area is 129 Å². The second-order valence-corrected chi connectivity index (χ2v) is 6.30. The molecule has 108 valence electrons. The molecular formula is C17H19N3S. The van der Waals surface area contributed by atoms with Gasteiger partial charge in [-0.15, -0.1) is 11.3 Å². The number of benzene rings is 1. The first-order chi connectivity index (χ1) is 10.2. The van der Waals surface area contributed by atoms with Crippen LogP contribution in [0.15, 0.2) is 30.3 Å². The van der Waals surface area contributed by atoms with E-state index in [2.05, 4.69) is 54.5 Å². The van der Waals surface area contributed by atoms with Crippen LogP contribution in [0.2, 0.25) is 0 Å². The summed E-state index contributed by atoms with van der Waals surface area (Å²) >= 11 is 1.76. The molecule has 0 atom stereocenters. The van der Waals surface area contributed by atoms with Crippen molar-refractivity contribution in [2.75, 3.05) is 12.4 Å². The lowest BCUT2D eigenvalue weighted by molar-refractivity contribution is 0.996. The Bertz CT molecular complexity index is 760. The highest BCUT2D eigenvalue weighted by molar-refractivity contribution is 7.18. The van der Waals surface area contributed by atoms with Gasteiger partial charge in [-0.1, -0.05) is 36.8 Å². The lowest BCUT2D eigenvalue weighted by Crippen LogP contribution is -2.01. The number of aryl methyl sites for hydroxylation is 2. The Balaban J connectivity index is 2.00. The standard InChI is InChI=1S/C17H19N3S/c1-4-13-10-14-16(18-3)19-15(20-17(14)21-13)9-12-7-5-11(2)6-8-12/h5-8,10H,4,9H2,1-3H3,(H,18,19,20). The Hall–Kier alpha value is -1.94. The van der Waals surface area contributed by atoms with Crippen LogP contribution in [0, 0.1) is 6.92 Å². The third-order valence-corrected chi connectivity index (χ3v) is 4.73. The third kappa shape index (κ3) is 2.90. The van der Waals surface area contributed by atoms with Gasteiger partial charge < -0.3 is 5.32 Å². The predicted octanol–water partition coefficient (Wildman–Crippen LogP) is 4.19. The van der Waals surface area contributed by atoms with Crippen LogP contribution in [0.4, 0.5) is 5.82 Å². The molecule has 3 aromatic rings. The number of hydrogen-bond donors (Lipinski definition) is 1. The van der Waals surface area contributed by atoms with E-state index < -0.39 is 0 Å². The van der Waals surface area contributed by atoms with Gasteiger partial charge in [-0.3, -0.25) is 0 Å². The summed E-state index contributed by atoms with van der Waals surface area (Å²) in [5, 5.41) is 4.33. The maximum absolute atomic E-state index is 4.74. The number of rotatable bonds is 4. The van der Waals surface area contributed by atoms with Gasteiger partial charge in [0.05, 0.1) is 5.39 Å². The van der Waals surface area contributed by atoms with E-state index in [4.69, 9.17) is 4.98 Å². The fourth-order valence-electron chi connectivity index (χ4n) is 2.35. The zero-order valence-electron chi connectivity index (χ0n) is 12.6. The summed E-state index contributed by atoms with van der Waals surface area (Å²) in [7, 11) is 1.92. The van der Waals surface area contributed by atoms with E-state index in [0.717, 1.165) is 34.7 Å². The van der Waals surface area contributed by atoms with Crippen LogP contribution in [0.3, 0.4) is 0 Å². The minimum atomic E-state index is 0.768. The van der Waals surface area contributed by atoms with Crippen LogP contribution in [-0.2, 0) is 12.8 Å². The third-order valence-electron chi connectivity index (χ3n) is 3.56. The molecule has 0 bridgehead atoms. The Morgan fingerprint density at radius 3 is 2.57 bits per heavy atom. The quantitative estimate of drug-likeness (QED) is 0.784. The summed E-state index contributed by atoms with van der Waals surface area (Å²) in [6.07, 6.45) is 1.81. The first kappa shape index (κ1) is 14.0. The largest absolute Gasteiger partial charge is 0.372 e. The van der Waals surface area contributed by atoms with Crippen molar-refractivity contribution in [1.82, 2.24) is 9.97 Å². The molecule has 1 N–H and O–H groups in total. The molecule has 0 spiro atoms. The average Bonchev–Trinajstić information content (AvgIpc) is 2.92. The maximum atomic E-state index is 4.74. The molecule has 3 rings (SSSR count). The van der Waals surface area contributed by atoms with Crippen LogP contribution in [0.5, 0.6) is 0 Å². The molecule has 0 aliphatic heterocycles. The molecule has 0 aliphatic rings. The number of aromatic nitrogens is 2. The normalized spacial score (nSPS) is 11.0. The van der Waals surface area contributed by atoms with Gasteiger partial charge in [0.15, 0.2) is 0 Å². The predicted molar refractivity (Wildman–Crippen MR) is 90.3 cm³/mol. The number of nitrogens with one attached hydrogen (secondary N) is 1. The van der Waals surface area contributed by atoms with Crippen LogP contribution in [-0.4, -0.2) is 17.0 Å². The molecule has 2 aromatic heterocycles. The minimum absolute atomic E-state index is 0.768. The van der Waals surface area contributed by atoms with Crippen molar-refractivity contribution >= 4 is 27.4 Å². The molecule has 0 saturated heterocycles. The van der Waals surface area contributed by atoms with Crippen LogP contribution in [0.1, 0.15) is 28.8 Å². The zero-order valence-corrected chi connectivity index (χ0v) is 13.4. The van der Waals surface area contributed by atoms with Crippen molar-refractivity contribution in [3.8, 4) is 0 Å². The second kappa shape index (κ2) is 5.82. The zero-order chi connectivity index (χ0) is 14.8. The Morgan fingerprint density at radius 1 is 1.14 bits per heavy atom. The lowest BCUT2D eigenvalue weighted by Gasteiger charge is -2.05. The summed E-state index contributed by atoms with van der Waals surface area (Å²) in [5.41, 5.74) is 2.52. The average molecular weight is 297 g/mol. The second-order valence-electron chi connectivity index (χ2n) is 5.19. The van der Waals surface area contributed by atoms with E-state index in [1.807, 2.05) is 7.05 Å². The summed E-state index contributed by atoms with van der Waals surface area (Å²) in [6, 6.07) is 10.8. The first-order valence-electron chi connectivity index (χ1n) is 7.22. The Morgan fingerprint density at radius 2 is 1.90 bits per heavy atom. The number of nitrogens with zero attached hydrogens (tertiary/aromatic N) is 2. The van der Waals surface area contributed by atoms with E-state index in [0.29, 0.717) is 0 Å². The van der Waals surface area contributed by atoms with E-state index in [-0.39, 0.29) is 0 Å². The van der Waals surface area contributed by atoms with Gasteiger partial charge in [0.2, 0.25) is 0 Å². The smallest absolute Gasteiger partial charge is 0.138 e. The van der Waals surface area contributed by atoms with Gasteiger partial charge >= 0.3 is 0 Å². The monoisotopic (exact) mass is 297 g/mol. The number of anilines is 1. The molecule has 0 unspecified atom stereocenters. The molecule has 0 radical (unpaired) electrons. The van der Waals surface area contributed by atoms with Crippen LogP contribution < -0.4 is 5.32 Å². The van der Waals surface area contributed by atoms with Crippen molar-refractivity contribution in [3.63, 3.8) is 0 Å². The van der Waals surface area contributed by atoms with Gasteiger partial charge in [0.1, 0.15) is 16.5 Å². The van der Waals surface area contributed by atoms with E-state index in [1.54, 1.807) is 11.3 Å². The molecule has 2 heterocycles. The van der Waals surface area contributed by atoms with Gasteiger partial charge in [-0.25, -0.2) is 9.97 Å². The molecule has 0 aliphatic carbocycles. The van der Waals surface area contributed by atoms with E-state index in [1.165, 1.54) is 16.0 Å². The number of thiophene rings is 1. The van der Waals surface area contributed by atoms with E-state index >= 15 is 0 Å². The Kier molecular flexibility index (Phi) is 3.88. The van der Waals surface area contributed by atoms with Crippen molar-refractivity contribution in [2.45, 2.75) is 26.7 Å². The maximum Gasteiger partial charge on any atom is 0.138 e. The molecule has 0 fully saturated rings. The fourth-order valence-corrected chi connectivity index (χ4v) is 3.33. The highest BCUT2D eigenvalue weighted by Crippen LogP contribution is 2.29. The molecule has 3 nitrogen and oxygen atoms in total. The summed E-state index contributed by atoms with van der Waals surface area (Å²) in [6.45, 7) is 4.27. The minimum Gasteiger partial charge on any atom is -0.372 e. The highest BCUT2D eigenvalue weighted by Gasteiger charge is 2.10. The summed E-state index contributed by atoms with van der Waals surface area (Å²) in [4.78, 5) is 11.8. The SMILES string of the molecule is CCc1cc2c(NC)nc(Cc3ccc(C)cc3)nc2s1. The molecule has 0 saturated carbocycles. The van der Waals surface area contributed by atoms with Gasteiger partial charge in [-0.05, 0) is 25.0 Å². The van der Waals surface area contributed by atoms with Gasteiger partial charge in [-0.2, -0.15) is 0 Å². The number of fused-ring (bicyclic) bond motifs is 1. The molecular weight excluding hydrogens is 278 g/mol. The van der Waals surface area contributed by atoms with Crippen molar-refractivity contribution in [1.29, 1.82) is 0 Å². The summed E-state index contributed by atoms with van der Waals surface area (Å²) < 4.78 is 0. The van der Waals surface area contributed by atoms with Gasteiger partial charge in [0.25, 0.3) is 0 Å². The molecule has 1 aromatic carbocycles. The first-order valence-corrected chi connectivity index (χ1v) is 8.04. The number of hydrogen-bond acceptors (Lipinski definition) is 4. The van der Waals surface area contributed by atoms with Gasteiger partial charge in [0, 0.05) is 18.3 Å². The van der Waals surface area contributed by atoms with Crippen molar-refractivity contribution in [2.24, 2.45) is 0 Å². The highest BCUT2D eigenvalue weighted by atomic mass is 32.1. The molecule has 0 amide bonds. The fraction of sp³-hybridized carbons (Fsp3) is 0.294.